The fourth-order valence-electron chi connectivity index (χ4n) is 2.47. The van der Waals surface area contributed by atoms with Gasteiger partial charge in [-0.3, -0.25) is 0 Å². The van der Waals surface area contributed by atoms with Crippen LogP contribution in [0.1, 0.15) is 38.5 Å². The van der Waals surface area contributed by atoms with E-state index in [2.05, 4.69) is 11.4 Å². The first-order chi connectivity index (χ1) is 8.41. The maximum Gasteiger partial charge on any atom is 0.390 e. The summed E-state index contributed by atoms with van der Waals surface area (Å²) in [7, 11) is 0. The first-order valence-corrected chi connectivity index (χ1v) is 6.28. The van der Waals surface area contributed by atoms with Gasteiger partial charge in [-0.15, -0.1) is 0 Å². The number of halogens is 3. The molecule has 0 aromatic heterocycles. The molecule has 3 nitrogen and oxygen atoms in total. The van der Waals surface area contributed by atoms with Crippen molar-refractivity contribution in [2.45, 2.75) is 50.7 Å². The zero-order valence-electron chi connectivity index (χ0n) is 10.4. The average molecular weight is 263 g/mol. The lowest BCUT2D eigenvalue weighted by molar-refractivity contribution is -0.133. The van der Waals surface area contributed by atoms with E-state index in [4.69, 9.17) is 11.0 Å². The molecular formula is C12H20F3N3. The third kappa shape index (κ3) is 4.83. The Kier molecular flexibility index (Phi) is 5.42. The number of nitriles is 1. The van der Waals surface area contributed by atoms with E-state index < -0.39 is 12.6 Å². The standard InChI is InChI=1S/C12H20F3N3/c13-12(14,15)6-8-18-10-1-3-11(9-17,4-2-10)5-7-16/h10,18H,1-6,8-9,17H2. The highest BCUT2D eigenvalue weighted by Gasteiger charge is 2.34. The van der Waals surface area contributed by atoms with Gasteiger partial charge >= 0.3 is 6.18 Å². The van der Waals surface area contributed by atoms with Gasteiger partial charge < -0.3 is 11.1 Å². The molecule has 0 aromatic rings. The Morgan fingerprint density at radius 1 is 1.33 bits per heavy atom. The van der Waals surface area contributed by atoms with Gasteiger partial charge in [0.05, 0.1) is 12.5 Å². The fourth-order valence-corrected chi connectivity index (χ4v) is 2.47. The number of nitrogens with zero attached hydrogens (tertiary/aromatic N) is 1. The van der Waals surface area contributed by atoms with Gasteiger partial charge in [0, 0.05) is 19.0 Å². The Hall–Kier alpha value is -0.800. The summed E-state index contributed by atoms with van der Waals surface area (Å²) in [5.41, 5.74) is 5.59. The average Bonchev–Trinajstić information content (AvgIpc) is 2.30. The van der Waals surface area contributed by atoms with Gasteiger partial charge in [-0.2, -0.15) is 18.4 Å². The minimum absolute atomic E-state index is 0.0258. The van der Waals surface area contributed by atoms with Crippen LogP contribution in [0.15, 0.2) is 0 Å². The van der Waals surface area contributed by atoms with Crippen molar-refractivity contribution in [3.8, 4) is 6.07 Å². The molecule has 1 fully saturated rings. The highest BCUT2D eigenvalue weighted by molar-refractivity contribution is 4.94. The lowest BCUT2D eigenvalue weighted by Gasteiger charge is -2.38. The summed E-state index contributed by atoms with van der Waals surface area (Å²) >= 11 is 0. The monoisotopic (exact) mass is 263 g/mol. The summed E-state index contributed by atoms with van der Waals surface area (Å²) in [6, 6.07) is 2.29. The SMILES string of the molecule is N#CCC1(CN)CCC(NCCC(F)(F)F)CC1. The number of nitrogens with one attached hydrogen (secondary N) is 1. The second-order valence-corrected chi connectivity index (χ2v) is 5.13. The minimum Gasteiger partial charge on any atom is -0.330 e. The summed E-state index contributed by atoms with van der Waals surface area (Å²) in [4.78, 5) is 0. The van der Waals surface area contributed by atoms with Crippen LogP contribution >= 0.6 is 0 Å². The van der Waals surface area contributed by atoms with Crippen molar-refractivity contribution >= 4 is 0 Å². The maximum absolute atomic E-state index is 12.0. The van der Waals surface area contributed by atoms with E-state index in [0.717, 1.165) is 25.7 Å². The number of hydrogen-bond acceptors (Lipinski definition) is 3. The van der Waals surface area contributed by atoms with Gasteiger partial charge in [0.1, 0.15) is 0 Å². The van der Waals surface area contributed by atoms with E-state index >= 15 is 0 Å². The first-order valence-electron chi connectivity index (χ1n) is 6.28. The molecule has 0 aliphatic heterocycles. The van der Waals surface area contributed by atoms with Crippen molar-refractivity contribution in [1.29, 1.82) is 5.26 Å². The van der Waals surface area contributed by atoms with Crippen LogP contribution in [0.3, 0.4) is 0 Å². The molecular weight excluding hydrogens is 243 g/mol. The van der Waals surface area contributed by atoms with Crippen molar-refractivity contribution in [3.05, 3.63) is 0 Å². The van der Waals surface area contributed by atoms with Gasteiger partial charge in [-0.1, -0.05) is 0 Å². The molecule has 1 saturated carbocycles. The predicted octanol–water partition coefficient (Wildman–Crippen LogP) is 2.33. The largest absolute Gasteiger partial charge is 0.390 e. The van der Waals surface area contributed by atoms with E-state index in [9.17, 15) is 13.2 Å². The lowest BCUT2D eigenvalue weighted by atomic mass is 9.71. The summed E-state index contributed by atoms with van der Waals surface area (Å²) in [6.07, 6.45) is -1.19. The highest BCUT2D eigenvalue weighted by Crippen LogP contribution is 2.38. The molecule has 0 spiro atoms. The molecule has 0 atom stereocenters. The van der Waals surface area contributed by atoms with E-state index in [1.54, 1.807) is 0 Å². The third-order valence-corrected chi connectivity index (χ3v) is 3.77. The fraction of sp³-hybridized carbons (Fsp3) is 0.917. The van der Waals surface area contributed by atoms with Gasteiger partial charge in [0.15, 0.2) is 0 Å². The van der Waals surface area contributed by atoms with Crippen LogP contribution in [0.5, 0.6) is 0 Å². The summed E-state index contributed by atoms with van der Waals surface area (Å²) < 4.78 is 36.0. The third-order valence-electron chi connectivity index (χ3n) is 3.77. The van der Waals surface area contributed by atoms with Gasteiger partial charge in [-0.25, -0.2) is 0 Å². The van der Waals surface area contributed by atoms with Crippen LogP contribution in [0.4, 0.5) is 13.2 Å². The number of alkyl halides is 3. The van der Waals surface area contributed by atoms with Gasteiger partial charge in [0.25, 0.3) is 0 Å². The van der Waals surface area contributed by atoms with Crippen LogP contribution in [0.25, 0.3) is 0 Å². The first kappa shape index (κ1) is 15.3. The molecule has 6 heteroatoms. The van der Waals surface area contributed by atoms with Crippen molar-refractivity contribution in [1.82, 2.24) is 5.32 Å². The van der Waals surface area contributed by atoms with Crippen molar-refractivity contribution in [2.24, 2.45) is 11.1 Å². The van der Waals surface area contributed by atoms with E-state index in [1.807, 2.05) is 0 Å². The van der Waals surface area contributed by atoms with Gasteiger partial charge in [0.2, 0.25) is 0 Å². The van der Waals surface area contributed by atoms with Crippen LogP contribution < -0.4 is 11.1 Å². The van der Waals surface area contributed by atoms with Crippen LogP contribution in [0.2, 0.25) is 0 Å². The Balaban J connectivity index is 2.29. The smallest absolute Gasteiger partial charge is 0.330 e. The second-order valence-electron chi connectivity index (χ2n) is 5.13. The molecule has 0 amide bonds. The highest BCUT2D eigenvalue weighted by atomic mass is 19.4. The number of rotatable bonds is 5. The molecule has 1 aliphatic carbocycles. The molecule has 3 N–H and O–H groups in total. The number of nitrogens with two attached hydrogens (primary N) is 1. The van der Waals surface area contributed by atoms with Crippen LogP contribution in [-0.4, -0.2) is 25.3 Å². The van der Waals surface area contributed by atoms with Crippen molar-refractivity contribution < 1.29 is 13.2 Å². The molecule has 0 unspecified atom stereocenters. The normalized spacial score (nSPS) is 28.9. The summed E-state index contributed by atoms with van der Waals surface area (Å²) in [5.74, 6) is 0. The van der Waals surface area contributed by atoms with E-state index in [-0.39, 0.29) is 18.0 Å². The van der Waals surface area contributed by atoms with Crippen molar-refractivity contribution in [2.75, 3.05) is 13.1 Å². The Morgan fingerprint density at radius 3 is 2.39 bits per heavy atom. The van der Waals surface area contributed by atoms with Crippen LogP contribution in [-0.2, 0) is 0 Å². The predicted molar refractivity (Wildman–Crippen MR) is 62.6 cm³/mol. The molecule has 0 radical (unpaired) electrons. The Labute approximate surface area is 106 Å². The molecule has 0 bridgehead atoms. The minimum atomic E-state index is -4.09. The quantitative estimate of drug-likeness (QED) is 0.800. The molecule has 1 aliphatic rings. The molecule has 104 valence electrons. The number of hydrogen-bond donors (Lipinski definition) is 2. The van der Waals surface area contributed by atoms with E-state index in [0.29, 0.717) is 13.0 Å². The van der Waals surface area contributed by atoms with Crippen LogP contribution in [0, 0.1) is 16.7 Å². The topological polar surface area (TPSA) is 61.8 Å². The molecule has 0 saturated heterocycles. The summed E-state index contributed by atoms with van der Waals surface area (Å²) in [5, 5.41) is 11.7. The molecule has 18 heavy (non-hydrogen) atoms. The second kappa shape index (κ2) is 6.39. The van der Waals surface area contributed by atoms with Crippen molar-refractivity contribution in [3.63, 3.8) is 0 Å². The molecule has 1 rings (SSSR count). The zero-order valence-corrected chi connectivity index (χ0v) is 10.4. The van der Waals surface area contributed by atoms with E-state index in [1.165, 1.54) is 0 Å². The summed E-state index contributed by atoms with van der Waals surface area (Å²) in [6.45, 7) is 0.456. The van der Waals surface area contributed by atoms with Gasteiger partial charge in [-0.05, 0) is 37.6 Å². The molecule has 0 aromatic carbocycles. The zero-order chi connectivity index (χ0) is 13.6. The Bertz CT molecular complexity index is 288. The lowest BCUT2D eigenvalue weighted by Crippen LogP contribution is -2.41. The molecule has 0 heterocycles. The Morgan fingerprint density at radius 2 is 1.94 bits per heavy atom. The maximum atomic E-state index is 12.0.